The molecule has 0 radical (unpaired) electrons. The lowest BCUT2D eigenvalue weighted by atomic mass is 10.1. The Morgan fingerprint density at radius 2 is 2.24 bits per heavy atom. The molecule has 4 heterocycles. The molecule has 0 aromatic carbocycles. The second kappa shape index (κ2) is 6.44. The maximum atomic E-state index is 13.0. The summed E-state index contributed by atoms with van der Waals surface area (Å²) in [6, 6.07) is 2.15. The first kappa shape index (κ1) is 16.0. The highest BCUT2D eigenvalue weighted by Crippen LogP contribution is 2.28. The van der Waals surface area contributed by atoms with Crippen LogP contribution in [0.1, 0.15) is 28.5 Å². The second-order valence-corrected chi connectivity index (χ2v) is 6.82. The Bertz CT molecular complexity index is 761. The Kier molecular flexibility index (Phi) is 4.12. The van der Waals surface area contributed by atoms with E-state index >= 15 is 0 Å². The summed E-state index contributed by atoms with van der Waals surface area (Å²) in [7, 11) is 4.05. The molecule has 0 aliphatic carbocycles. The summed E-state index contributed by atoms with van der Waals surface area (Å²) in [5.41, 5.74) is 1.56. The van der Waals surface area contributed by atoms with Crippen LogP contribution >= 0.6 is 0 Å². The predicted octanol–water partition coefficient (Wildman–Crippen LogP) is 0.625. The zero-order chi connectivity index (χ0) is 17.4. The van der Waals surface area contributed by atoms with Crippen molar-refractivity contribution in [3.8, 4) is 5.75 Å². The van der Waals surface area contributed by atoms with Crippen LogP contribution in [0.15, 0.2) is 24.7 Å². The van der Waals surface area contributed by atoms with Crippen molar-refractivity contribution in [2.75, 3.05) is 33.8 Å². The van der Waals surface area contributed by atoms with E-state index in [0.29, 0.717) is 18.8 Å². The fourth-order valence-corrected chi connectivity index (χ4v) is 3.63. The quantitative estimate of drug-likeness (QED) is 0.814. The summed E-state index contributed by atoms with van der Waals surface area (Å²) in [6.45, 7) is 1.96. The fourth-order valence-electron chi connectivity index (χ4n) is 3.63. The normalized spacial score (nSPS) is 22.8. The molecule has 132 valence electrons. The first-order chi connectivity index (χ1) is 12.1. The lowest BCUT2D eigenvalue weighted by Crippen LogP contribution is -2.37. The van der Waals surface area contributed by atoms with Crippen molar-refractivity contribution in [1.29, 1.82) is 0 Å². The number of aromatic nitrogens is 4. The van der Waals surface area contributed by atoms with Gasteiger partial charge in [0.2, 0.25) is 0 Å². The number of carbonyl (C=O) groups is 1. The van der Waals surface area contributed by atoms with E-state index in [1.807, 2.05) is 35.9 Å². The van der Waals surface area contributed by atoms with Crippen LogP contribution in [0.2, 0.25) is 0 Å². The summed E-state index contributed by atoms with van der Waals surface area (Å²) in [6.07, 6.45) is 7.10. The maximum Gasteiger partial charge on any atom is 0.272 e. The number of likely N-dealkylation sites (N-methyl/N-ethyl adjacent to an activating group) is 1. The molecule has 8 nitrogen and oxygen atoms in total. The van der Waals surface area contributed by atoms with Gasteiger partial charge in [-0.1, -0.05) is 5.21 Å². The molecule has 2 aliphatic rings. The molecular formula is C17H22N6O2. The second-order valence-electron chi connectivity index (χ2n) is 6.82. The number of hydrogen-bond donors (Lipinski definition) is 0. The third-order valence-corrected chi connectivity index (χ3v) is 5.01. The van der Waals surface area contributed by atoms with Crippen molar-refractivity contribution in [3.05, 3.63) is 35.9 Å². The number of amides is 1. The molecule has 1 fully saturated rings. The van der Waals surface area contributed by atoms with Gasteiger partial charge in [0.1, 0.15) is 11.4 Å². The van der Waals surface area contributed by atoms with Crippen LogP contribution in [0.3, 0.4) is 0 Å². The van der Waals surface area contributed by atoms with Gasteiger partial charge in [0.05, 0.1) is 31.1 Å². The van der Waals surface area contributed by atoms with Crippen molar-refractivity contribution in [2.24, 2.45) is 0 Å². The smallest absolute Gasteiger partial charge is 0.272 e. The molecule has 2 aliphatic heterocycles. The minimum absolute atomic E-state index is 0.0390. The average molecular weight is 342 g/mol. The molecule has 2 aromatic heterocycles. The van der Waals surface area contributed by atoms with Crippen molar-refractivity contribution in [1.82, 2.24) is 29.8 Å². The minimum Gasteiger partial charge on any atom is -0.492 e. The Labute approximate surface area is 146 Å². The van der Waals surface area contributed by atoms with Gasteiger partial charge < -0.3 is 14.5 Å². The summed E-state index contributed by atoms with van der Waals surface area (Å²) in [4.78, 5) is 21.3. The molecule has 25 heavy (non-hydrogen) atoms. The van der Waals surface area contributed by atoms with Crippen LogP contribution < -0.4 is 4.74 Å². The molecule has 0 N–H and O–H groups in total. The van der Waals surface area contributed by atoms with E-state index in [1.54, 1.807) is 12.4 Å². The van der Waals surface area contributed by atoms with Crippen LogP contribution in [-0.4, -0.2) is 75.5 Å². The van der Waals surface area contributed by atoms with Crippen LogP contribution in [0, 0.1) is 0 Å². The molecule has 4 rings (SSSR count). The lowest BCUT2D eigenvalue weighted by Gasteiger charge is -2.24. The molecule has 0 saturated carbocycles. The third-order valence-electron chi connectivity index (χ3n) is 5.01. The third kappa shape index (κ3) is 2.97. The number of pyridine rings is 1. The van der Waals surface area contributed by atoms with Crippen LogP contribution in [-0.2, 0) is 6.42 Å². The van der Waals surface area contributed by atoms with Crippen molar-refractivity contribution >= 4 is 5.91 Å². The molecule has 0 spiro atoms. The summed E-state index contributed by atoms with van der Waals surface area (Å²) in [5.74, 6) is 0.763. The van der Waals surface area contributed by atoms with Gasteiger partial charge in [0.25, 0.3) is 5.91 Å². The molecule has 0 unspecified atom stereocenters. The van der Waals surface area contributed by atoms with E-state index in [9.17, 15) is 4.79 Å². The summed E-state index contributed by atoms with van der Waals surface area (Å²) in [5, 5.41) is 8.03. The minimum atomic E-state index is -0.0390. The van der Waals surface area contributed by atoms with Gasteiger partial charge >= 0.3 is 0 Å². The van der Waals surface area contributed by atoms with Gasteiger partial charge in [-0.2, -0.15) is 0 Å². The number of aryl methyl sites for hydroxylation is 1. The molecule has 1 amide bonds. The van der Waals surface area contributed by atoms with Crippen LogP contribution in [0.25, 0.3) is 0 Å². The molecule has 8 heteroatoms. The Hall–Kier alpha value is -2.48. The monoisotopic (exact) mass is 342 g/mol. The van der Waals surface area contributed by atoms with Crippen molar-refractivity contribution < 1.29 is 9.53 Å². The SMILES string of the molecule is CN(C)[C@@H]1CN(C(=O)c2cc3c(cn2)OCCC3)C[C@@H]1n1ccnn1. The van der Waals surface area contributed by atoms with Gasteiger partial charge in [0, 0.05) is 19.3 Å². The van der Waals surface area contributed by atoms with E-state index in [-0.39, 0.29) is 18.0 Å². The first-order valence-electron chi connectivity index (χ1n) is 8.56. The molecular weight excluding hydrogens is 320 g/mol. The van der Waals surface area contributed by atoms with E-state index in [2.05, 4.69) is 20.2 Å². The van der Waals surface area contributed by atoms with Crippen molar-refractivity contribution in [3.63, 3.8) is 0 Å². The van der Waals surface area contributed by atoms with Gasteiger partial charge in [-0.25, -0.2) is 9.67 Å². The molecule has 1 saturated heterocycles. The fraction of sp³-hybridized carbons (Fsp3) is 0.529. The number of nitrogens with zero attached hydrogens (tertiary/aromatic N) is 6. The summed E-state index contributed by atoms with van der Waals surface area (Å²) >= 11 is 0. The Balaban J connectivity index is 1.56. The standard InChI is InChI=1S/C17H22N6O2/c1-21(2)14-10-22(11-15(14)23-6-5-19-20-23)17(24)13-8-12-4-3-7-25-16(12)9-18-13/h5-6,8-9,14-15H,3-4,7,10-11H2,1-2H3/t14-,15+/m1/s1. The molecule has 2 atom stereocenters. The number of ether oxygens (including phenoxy) is 1. The van der Waals surface area contributed by atoms with Crippen LogP contribution in [0.5, 0.6) is 5.75 Å². The number of rotatable bonds is 3. The molecule has 2 aromatic rings. The van der Waals surface area contributed by atoms with Crippen molar-refractivity contribution in [2.45, 2.75) is 24.9 Å². The summed E-state index contributed by atoms with van der Waals surface area (Å²) < 4.78 is 7.42. The highest BCUT2D eigenvalue weighted by Gasteiger charge is 2.38. The predicted molar refractivity (Wildman–Crippen MR) is 90.5 cm³/mol. The largest absolute Gasteiger partial charge is 0.492 e. The van der Waals surface area contributed by atoms with E-state index in [1.165, 1.54) is 0 Å². The number of likely N-dealkylation sites (tertiary alicyclic amines) is 1. The number of carbonyl (C=O) groups excluding carboxylic acids is 1. The first-order valence-corrected chi connectivity index (χ1v) is 8.56. The average Bonchev–Trinajstić information content (AvgIpc) is 3.30. The molecule has 0 bridgehead atoms. The number of fused-ring (bicyclic) bond motifs is 1. The van der Waals surface area contributed by atoms with Gasteiger partial charge in [-0.3, -0.25) is 4.79 Å². The van der Waals surface area contributed by atoms with Gasteiger partial charge in [-0.05, 0) is 38.6 Å². The van der Waals surface area contributed by atoms with Gasteiger partial charge in [0.15, 0.2) is 0 Å². The Morgan fingerprint density at radius 1 is 1.36 bits per heavy atom. The number of hydrogen-bond acceptors (Lipinski definition) is 6. The van der Waals surface area contributed by atoms with E-state index in [4.69, 9.17) is 4.74 Å². The highest BCUT2D eigenvalue weighted by molar-refractivity contribution is 5.93. The van der Waals surface area contributed by atoms with E-state index in [0.717, 1.165) is 30.8 Å². The van der Waals surface area contributed by atoms with E-state index < -0.39 is 0 Å². The Morgan fingerprint density at radius 3 is 3.00 bits per heavy atom. The lowest BCUT2D eigenvalue weighted by molar-refractivity contribution is 0.0775. The zero-order valence-electron chi connectivity index (χ0n) is 14.5. The topological polar surface area (TPSA) is 76.4 Å². The zero-order valence-corrected chi connectivity index (χ0v) is 14.5. The van der Waals surface area contributed by atoms with Crippen LogP contribution in [0.4, 0.5) is 0 Å². The van der Waals surface area contributed by atoms with Gasteiger partial charge in [-0.15, -0.1) is 5.10 Å². The maximum absolute atomic E-state index is 13.0. The highest BCUT2D eigenvalue weighted by atomic mass is 16.5.